The van der Waals surface area contributed by atoms with E-state index in [1.165, 1.54) is 0 Å². The first-order valence-corrected chi connectivity index (χ1v) is 8.60. The maximum atomic E-state index is 12.8. The third-order valence-electron chi connectivity index (χ3n) is 3.93. The summed E-state index contributed by atoms with van der Waals surface area (Å²) in [7, 11) is 0. The number of esters is 1. The lowest BCUT2D eigenvalue weighted by Crippen LogP contribution is -2.23. The maximum Gasteiger partial charge on any atom is 0.342 e. The van der Waals surface area contributed by atoms with Gasteiger partial charge >= 0.3 is 5.97 Å². The third kappa shape index (κ3) is 4.65. The molecule has 1 heterocycles. The fourth-order valence-electron chi connectivity index (χ4n) is 2.45. The quantitative estimate of drug-likeness (QED) is 0.826. The van der Waals surface area contributed by atoms with Crippen LogP contribution in [0.5, 0.6) is 0 Å². The summed E-state index contributed by atoms with van der Waals surface area (Å²) in [5.41, 5.74) is 3.41. The zero-order valence-electron chi connectivity index (χ0n) is 16.1. The van der Waals surface area contributed by atoms with E-state index in [2.05, 4.69) is 15.3 Å². The van der Waals surface area contributed by atoms with Gasteiger partial charge < -0.3 is 10.1 Å². The standard InChI is InChI=1S/C20H25N3O3/c1-11(2)10-26-20(25)17-14(5)21-15(6)22-18(17)19(24)23-16-8-7-12(3)13(4)9-16/h7-9,11H,10H2,1-6H3,(H,23,24). The van der Waals surface area contributed by atoms with Gasteiger partial charge in [-0.15, -0.1) is 0 Å². The van der Waals surface area contributed by atoms with Crippen LogP contribution in [0.2, 0.25) is 0 Å². The van der Waals surface area contributed by atoms with Gasteiger partial charge in [0.05, 0.1) is 12.3 Å². The normalized spacial score (nSPS) is 10.7. The number of amides is 1. The van der Waals surface area contributed by atoms with Crippen molar-refractivity contribution in [3.63, 3.8) is 0 Å². The molecule has 6 heteroatoms. The number of carbonyl (C=O) groups excluding carboxylic acids is 2. The van der Waals surface area contributed by atoms with Gasteiger partial charge in [0.1, 0.15) is 17.1 Å². The molecule has 2 aromatic rings. The molecule has 0 radical (unpaired) electrons. The Kier molecular flexibility index (Phi) is 6.08. The number of hydrogen-bond acceptors (Lipinski definition) is 5. The minimum Gasteiger partial charge on any atom is -0.462 e. The maximum absolute atomic E-state index is 12.8. The van der Waals surface area contributed by atoms with Gasteiger partial charge in [-0.3, -0.25) is 4.79 Å². The summed E-state index contributed by atoms with van der Waals surface area (Å²) in [6.45, 7) is 11.5. The zero-order chi connectivity index (χ0) is 19.4. The van der Waals surface area contributed by atoms with Crippen molar-refractivity contribution in [2.75, 3.05) is 11.9 Å². The van der Waals surface area contributed by atoms with Gasteiger partial charge in [-0.1, -0.05) is 19.9 Å². The monoisotopic (exact) mass is 355 g/mol. The molecule has 0 bridgehead atoms. The van der Waals surface area contributed by atoms with Gasteiger partial charge in [0.15, 0.2) is 0 Å². The Morgan fingerprint density at radius 1 is 1.08 bits per heavy atom. The first-order valence-electron chi connectivity index (χ1n) is 8.60. The van der Waals surface area contributed by atoms with Crippen LogP contribution in [0.4, 0.5) is 5.69 Å². The molecule has 1 N–H and O–H groups in total. The Balaban J connectivity index is 2.35. The molecule has 0 saturated carbocycles. The molecule has 1 amide bonds. The van der Waals surface area contributed by atoms with Crippen molar-refractivity contribution in [1.29, 1.82) is 0 Å². The van der Waals surface area contributed by atoms with E-state index in [1.54, 1.807) is 13.8 Å². The molecule has 0 aliphatic carbocycles. The molecule has 26 heavy (non-hydrogen) atoms. The average Bonchev–Trinajstić information content (AvgIpc) is 2.55. The molecule has 0 saturated heterocycles. The van der Waals surface area contributed by atoms with Crippen molar-refractivity contribution < 1.29 is 14.3 Å². The third-order valence-corrected chi connectivity index (χ3v) is 3.93. The Morgan fingerprint density at radius 2 is 1.77 bits per heavy atom. The Bertz CT molecular complexity index is 844. The summed E-state index contributed by atoms with van der Waals surface area (Å²) in [4.78, 5) is 33.6. The van der Waals surface area contributed by atoms with Gasteiger partial charge in [-0.25, -0.2) is 14.8 Å². The fourth-order valence-corrected chi connectivity index (χ4v) is 2.45. The number of nitrogens with one attached hydrogen (secondary N) is 1. The predicted octanol–water partition coefficient (Wildman–Crippen LogP) is 3.78. The predicted molar refractivity (Wildman–Crippen MR) is 100 cm³/mol. The Hall–Kier alpha value is -2.76. The number of aryl methyl sites for hydroxylation is 4. The first kappa shape index (κ1) is 19.6. The molecule has 138 valence electrons. The number of anilines is 1. The van der Waals surface area contributed by atoms with Crippen molar-refractivity contribution >= 4 is 17.6 Å². The van der Waals surface area contributed by atoms with E-state index in [9.17, 15) is 9.59 Å². The molecular formula is C20H25N3O3. The Labute approximate surface area is 154 Å². The van der Waals surface area contributed by atoms with Gasteiger partial charge in [-0.2, -0.15) is 0 Å². The van der Waals surface area contributed by atoms with Crippen LogP contribution in [-0.2, 0) is 4.74 Å². The summed E-state index contributed by atoms with van der Waals surface area (Å²) in [5, 5.41) is 2.80. The molecule has 0 aliphatic rings. The van der Waals surface area contributed by atoms with E-state index in [0.29, 0.717) is 17.2 Å². The van der Waals surface area contributed by atoms with E-state index in [4.69, 9.17) is 4.74 Å². The number of aromatic nitrogens is 2. The summed E-state index contributed by atoms with van der Waals surface area (Å²) < 4.78 is 5.29. The molecule has 2 rings (SSSR count). The highest BCUT2D eigenvalue weighted by atomic mass is 16.5. The van der Waals surface area contributed by atoms with Crippen LogP contribution in [0.15, 0.2) is 18.2 Å². The molecule has 6 nitrogen and oxygen atoms in total. The SMILES string of the molecule is Cc1nc(C)c(C(=O)OCC(C)C)c(C(=O)Nc2ccc(C)c(C)c2)n1. The average molecular weight is 355 g/mol. The van der Waals surface area contributed by atoms with Crippen LogP contribution in [0.25, 0.3) is 0 Å². The minimum absolute atomic E-state index is 0.0296. The molecule has 0 atom stereocenters. The van der Waals surface area contributed by atoms with Gasteiger partial charge in [0, 0.05) is 5.69 Å². The van der Waals surface area contributed by atoms with E-state index >= 15 is 0 Å². The van der Waals surface area contributed by atoms with E-state index in [1.807, 2.05) is 45.9 Å². The van der Waals surface area contributed by atoms with Crippen LogP contribution < -0.4 is 5.32 Å². The van der Waals surface area contributed by atoms with Gasteiger partial charge in [-0.05, 0) is 56.9 Å². The molecule has 1 aromatic heterocycles. The minimum atomic E-state index is -0.582. The van der Waals surface area contributed by atoms with Crippen molar-refractivity contribution in [2.24, 2.45) is 5.92 Å². The van der Waals surface area contributed by atoms with Crippen LogP contribution in [0.1, 0.15) is 57.3 Å². The number of benzene rings is 1. The molecular weight excluding hydrogens is 330 g/mol. The van der Waals surface area contributed by atoms with Crippen molar-refractivity contribution in [3.8, 4) is 0 Å². The molecule has 0 unspecified atom stereocenters. The zero-order valence-corrected chi connectivity index (χ0v) is 16.1. The van der Waals surface area contributed by atoms with Crippen LogP contribution in [0, 0.1) is 33.6 Å². The number of hydrogen-bond donors (Lipinski definition) is 1. The lowest BCUT2D eigenvalue weighted by atomic mass is 10.1. The lowest BCUT2D eigenvalue weighted by molar-refractivity contribution is 0.0454. The van der Waals surface area contributed by atoms with Crippen LogP contribution >= 0.6 is 0 Å². The summed E-state index contributed by atoms with van der Waals surface area (Å²) in [5.74, 6) is -0.425. The first-order chi connectivity index (χ1) is 12.2. The molecule has 0 aliphatic heterocycles. The second-order valence-electron chi connectivity index (χ2n) is 6.83. The van der Waals surface area contributed by atoms with Crippen molar-refractivity contribution in [2.45, 2.75) is 41.5 Å². The highest BCUT2D eigenvalue weighted by molar-refractivity contribution is 6.10. The summed E-state index contributed by atoms with van der Waals surface area (Å²) in [6, 6.07) is 5.63. The molecule has 0 fully saturated rings. The van der Waals surface area contributed by atoms with Crippen molar-refractivity contribution in [3.05, 3.63) is 52.1 Å². The highest BCUT2D eigenvalue weighted by Crippen LogP contribution is 2.18. The van der Waals surface area contributed by atoms with E-state index in [0.717, 1.165) is 11.1 Å². The lowest BCUT2D eigenvalue weighted by Gasteiger charge is -2.13. The molecule has 0 spiro atoms. The number of nitrogens with zero attached hydrogens (tertiary/aromatic N) is 2. The highest BCUT2D eigenvalue weighted by Gasteiger charge is 2.24. The second kappa shape index (κ2) is 8.08. The number of ether oxygens (including phenoxy) is 1. The summed E-state index contributed by atoms with van der Waals surface area (Å²) in [6.07, 6.45) is 0. The number of carbonyl (C=O) groups is 2. The largest absolute Gasteiger partial charge is 0.462 e. The van der Waals surface area contributed by atoms with Crippen molar-refractivity contribution in [1.82, 2.24) is 9.97 Å². The second-order valence-corrected chi connectivity index (χ2v) is 6.83. The number of rotatable bonds is 5. The topological polar surface area (TPSA) is 81.2 Å². The fraction of sp³-hybridized carbons (Fsp3) is 0.400. The van der Waals surface area contributed by atoms with E-state index in [-0.39, 0.29) is 23.8 Å². The van der Waals surface area contributed by atoms with Crippen LogP contribution in [0.3, 0.4) is 0 Å². The van der Waals surface area contributed by atoms with Gasteiger partial charge in [0.25, 0.3) is 5.91 Å². The Morgan fingerprint density at radius 3 is 2.38 bits per heavy atom. The van der Waals surface area contributed by atoms with Crippen LogP contribution in [-0.4, -0.2) is 28.5 Å². The van der Waals surface area contributed by atoms with Gasteiger partial charge in [0.2, 0.25) is 0 Å². The smallest absolute Gasteiger partial charge is 0.342 e. The van der Waals surface area contributed by atoms with E-state index < -0.39 is 11.9 Å². The summed E-state index contributed by atoms with van der Waals surface area (Å²) >= 11 is 0. The molecule has 1 aromatic carbocycles.